The van der Waals surface area contributed by atoms with E-state index in [2.05, 4.69) is 285 Å². The highest BCUT2D eigenvalue weighted by Crippen LogP contribution is 2.48. The van der Waals surface area contributed by atoms with Gasteiger partial charge in [-0.3, -0.25) is 0 Å². The van der Waals surface area contributed by atoms with E-state index in [0.29, 0.717) is 0 Å². The van der Waals surface area contributed by atoms with Gasteiger partial charge in [-0.1, -0.05) is 142 Å². The van der Waals surface area contributed by atoms with Gasteiger partial charge in [0.25, 0.3) is 0 Å². The predicted molar refractivity (Wildman–Crippen MR) is 363 cm³/mol. The Morgan fingerprint density at radius 2 is 0.570 bits per heavy atom. The number of hydrogen-bond acceptors (Lipinski definition) is 6. The van der Waals surface area contributed by atoms with Gasteiger partial charge in [0, 0.05) is 90.1 Å². The Hall–Kier alpha value is -9.78. The molecular weight excluding hydrogens is 1050 g/mol. The zero-order chi connectivity index (χ0) is 58.7. The second kappa shape index (κ2) is 18.9. The van der Waals surface area contributed by atoms with Crippen molar-refractivity contribution in [3.63, 3.8) is 0 Å². The molecule has 0 bridgehead atoms. The van der Waals surface area contributed by atoms with E-state index in [9.17, 15) is 0 Å². The summed E-state index contributed by atoms with van der Waals surface area (Å²) in [6.07, 6.45) is 0. The van der Waals surface area contributed by atoms with Crippen LogP contribution in [0.2, 0.25) is 0 Å². The summed E-state index contributed by atoms with van der Waals surface area (Å²) < 4.78 is 27.5. The van der Waals surface area contributed by atoms with Crippen molar-refractivity contribution >= 4 is 154 Å². The van der Waals surface area contributed by atoms with Crippen molar-refractivity contribution in [1.29, 1.82) is 0 Å². The minimum atomic E-state index is 0.00456. The van der Waals surface area contributed by atoms with Crippen molar-refractivity contribution in [2.45, 2.75) is 91.9 Å². The third-order valence-electron chi connectivity index (χ3n) is 18.2. The van der Waals surface area contributed by atoms with Gasteiger partial charge in [-0.2, -0.15) is 0 Å². The van der Waals surface area contributed by atoms with Gasteiger partial charge < -0.3 is 27.5 Å². The fourth-order valence-corrected chi connectivity index (χ4v) is 13.5. The molecule has 6 nitrogen and oxygen atoms in total. The van der Waals surface area contributed by atoms with Crippen LogP contribution in [0.3, 0.4) is 0 Å². The quantitative estimate of drug-likeness (QED) is 0.151. The van der Waals surface area contributed by atoms with Crippen LogP contribution in [0.1, 0.15) is 103 Å². The molecule has 0 aliphatic heterocycles. The van der Waals surface area contributed by atoms with Gasteiger partial charge in [0.2, 0.25) is 0 Å². The van der Waals surface area contributed by atoms with Crippen LogP contribution in [0.25, 0.3) is 120 Å². The van der Waals surface area contributed by atoms with Crippen LogP contribution < -0.4 is 9.80 Å². The van der Waals surface area contributed by atoms with Crippen molar-refractivity contribution in [3.05, 3.63) is 229 Å². The standard InChI is InChI=1S/C80H66N2O4/c1-45(2)63-39-59(81(55-23-19-53(20-24-55)79(5,6)7)57-27-29-61-65-31-47-15-11-13-17-49(47)35-69(65)83-73(61)41-57)43-75-77(63)67-33-51-34-68-72(38-52(51)37-71(67)85-75)86-76-44-60(40-64(46(3)4)78(68)76)82(56-25-21-54(22-26-56)80(8,9)10)58-28-30-62-66-32-48-16-12-14-18-50(48)36-70(66)84-74(62)42-58/h11-46H,1-10H3. The molecule has 0 atom stereocenters. The van der Waals surface area contributed by atoms with Crippen molar-refractivity contribution in [2.24, 2.45) is 0 Å². The van der Waals surface area contributed by atoms with Crippen molar-refractivity contribution in [1.82, 2.24) is 0 Å². The summed E-state index contributed by atoms with van der Waals surface area (Å²) in [5, 5.41) is 15.8. The minimum absolute atomic E-state index is 0.00456. The van der Waals surface area contributed by atoms with Gasteiger partial charge in [0.05, 0.1) is 11.4 Å². The molecule has 0 amide bonds. The van der Waals surface area contributed by atoms with Crippen LogP contribution in [0, 0.1) is 0 Å². The molecule has 86 heavy (non-hydrogen) atoms. The van der Waals surface area contributed by atoms with Crippen LogP contribution in [0.5, 0.6) is 0 Å². The lowest BCUT2D eigenvalue weighted by atomic mass is 9.87. The first-order chi connectivity index (χ1) is 41.4. The summed E-state index contributed by atoms with van der Waals surface area (Å²) in [7, 11) is 0. The second-order valence-electron chi connectivity index (χ2n) is 26.6. The smallest absolute Gasteiger partial charge is 0.137 e. The highest BCUT2D eigenvalue weighted by Gasteiger charge is 2.26. The number of furan rings is 4. The van der Waals surface area contributed by atoms with Crippen LogP contribution in [-0.2, 0) is 10.8 Å². The Morgan fingerprint density at radius 3 is 0.953 bits per heavy atom. The number of hydrogen-bond donors (Lipinski definition) is 0. The molecule has 420 valence electrons. The van der Waals surface area contributed by atoms with E-state index in [-0.39, 0.29) is 22.7 Å². The highest BCUT2D eigenvalue weighted by molar-refractivity contribution is 6.18. The lowest BCUT2D eigenvalue weighted by Crippen LogP contribution is -2.13. The number of benzene rings is 12. The molecule has 0 saturated heterocycles. The van der Waals surface area contributed by atoms with Crippen molar-refractivity contribution < 1.29 is 17.7 Å². The lowest BCUT2D eigenvalue weighted by Gasteiger charge is -2.27. The SMILES string of the molecule is CC(C)c1cc(N(c2ccc(C(C)(C)C)cc2)c2ccc3c(c2)oc2cc4ccccc4cc23)cc2oc3cc4cc5oc6cc(N(c7ccc(C(C)(C)C)cc7)c7ccc8c(c7)oc7cc9ccccc9cc78)cc(C(C)C)c6c5cc4cc3c12. The molecule has 0 N–H and O–H groups in total. The summed E-state index contributed by atoms with van der Waals surface area (Å²) in [4.78, 5) is 4.70. The van der Waals surface area contributed by atoms with Gasteiger partial charge in [0.15, 0.2) is 0 Å². The Bertz CT molecular complexity index is 5100. The summed E-state index contributed by atoms with van der Waals surface area (Å²) >= 11 is 0. The van der Waals surface area contributed by atoms with E-state index in [1.54, 1.807) is 0 Å². The van der Waals surface area contributed by atoms with Crippen LogP contribution in [-0.4, -0.2) is 0 Å². The van der Waals surface area contributed by atoms with E-state index < -0.39 is 0 Å². The number of fused-ring (bicyclic) bond motifs is 15. The molecule has 4 aromatic heterocycles. The fourth-order valence-electron chi connectivity index (χ4n) is 13.5. The molecule has 4 heterocycles. The monoisotopic (exact) mass is 1120 g/mol. The molecule has 16 aromatic rings. The fraction of sp³-hybridized carbons (Fsp3) is 0.175. The predicted octanol–water partition coefficient (Wildman–Crippen LogP) is 24.5. The van der Waals surface area contributed by atoms with E-state index in [0.717, 1.165) is 143 Å². The van der Waals surface area contributed by atoms with Gasteiger partial charge in [-0.25, -0.2) is 0 Å². The second-order valence-corrected chi connectivity index (χ2v) is 26.6. The molecule has 6 heteroatoms. The van der Waals surface area contributed by atoms with Crippen LogP contribution in [0.15, 0.2) is 224 Å². The van der Waals surface area contributed by atoms with Gasteiger partial charge in [-0.15, -0.1) is 0 Å². The van der Waals surface area contributed by atoms with Gasteiger partial charge in [-0.05, 0) is 186 Å². The molecule has 0 radical (unpaired) electrons. The first-order valence-corrected chi connectivity index (χ1v) is 30.3. The largest absolute Gasteiger partial charge is 0.456 e. The molecule has 0 aliphatic carbocycles. The minimum Gasteiger partial charge on any atom is -0.456 e. The maximum atomic E-state index is 7.07. The molecular formula is C80H66N2O4. The molecule has 16 rings (SSSR count). The topological polar surface area (TPSA) is 59.0 Å². The third kappa shape index (κ3) is 8.36. The molecule has 0 saturated carbocycles. The average molecular weight is 1120 g/mol. The zero-order valence-corrected chi connectivity index (χ0v) is 50.3. The van der Waals surface area contributed by atoms with Gasteiger partial charge in [0.1, 0.15) is 44.7 Å². The van der Waals surface area contributed by atoms with Gasteiger partial charge >= 0.3 is 0 Å². The van der Waals surface area contributed by atoms with Crippen LogP contribution in [0.4, 0.5) is 34.1 Å². The molecule has 0 aliphatic rings. The summed E-state index contributed by atoms with van der Waals surface area (Å²) in [5.41, 5.74) is 18.0. The maximum Gasteiger partial charge on any atom is 0.137 e. The molecule has 0 spiro atoms. The molecule has 12 aromatic carbocycles. The summed E-state index contributed by atoms with van der Waals surface area (Å²) in [5.74, 6) is 0.373. The third-order valence-corrected chi connectivity index (χ3v) is 18.2. The number of nitrogens with zero attached hydrogens (tertiary/aromatic N) is 2. The first-order valence-electron chi connectivity index (χ1n) is 30.3. The highest BCUT2D eigenvalue weighted by atomic mass is 16.3. The average Bonchev–Trinajstić information content (AvgIpc) is 1.65. The van der Waals surface area contributed by atoms with E-state index >= 15 is 0 Å². The van der Waals surface area contributed by atoms with Crippen molar-refractivity contribution in [3.8, 4) is 0 Å². The van der Waals surface area contributed by atoms with E-state index in [1.165, 1.54) is 33.0 Å². The Kier molecular flexibility index (Phi) is 11.4. The number of anilines is 6. The van der Waals surface area contributed by atoms with Crippen LogP contribution >= 0.6 is 0 Å². The summed E-state index contributed by atoms with van der Waals surface area (Å²) in [6, 6.07) is 75.4. The van der Waals surface area contributed by atoms with E-state index in [4.69, 9.17) is 17.7 Å². The van der Waals surface area contributed by atoms with Crippen molar-refractivity contribution in [2.75, 3.05) is 9.80 Å². The molecule has 0 unspecified atom stereocenters. The normalized spacial score (nSPS) is 12.7. The Balaban J connectivity index is 0.833. The zero-order valence-electron chi connectivity index (χ0n) is 50.3. The van der Waals surface area contributed by atoms with E-state index in [1.807, 2.05) is 0 Å². The maximum absolute atomic E-state index is 7.07. The Morgan fingerprint density at radius 1 is 0.267 bits per heavy atom. The summed E-state index contributed by atoms with van der Waals surface area (Å²) in [6.45, 7) is 22.7. The number of rotatable bonds is 8. The first kappa shape index (κ1) is 51.8. The lowest BCUT2D eigenvalue weighted by molar-refractivity contribution is 0.590. The Labute approximate surface area is 499 Å². The molecule has 0 fully saturated rings.